The van der Waals surface area contributed by atoms with Crippen molar-refractivity contribution in [3.05, 3.63) is 113 Å². The average molecular weight is 455 g/mol. The molecule has 1 aliphatic rings. The third kappa shape index (κ3) is 4.84. The molecule has 1 aromatic heterocycles. The van der Waals surface area contributed by atoms with Crippen molar-refractivity contribution in [2.75, 3.05) is 13.1 Å². The van der Waals surface area contributed by atoms with Crippen molar-refractivity contribution in [3.8, 4) is 22.4 Å². The second kappa shape index (κ2) is 10.0. The largest absolute Gasteiger partial charge is 0.334 e. The van der Waals surface area contributed by atoms with Crippen molar-refractivity contribution < 1.29 is 4.79 Å². The highest BCUT2D eigenvalue weighted by Gasteiger charge is 2.30. The Bertz CT molecular complexity index is 1240. The fourth-order valence-electron chi connectivity index (χ4n) is 4.55. The van der Waals surface area contributed by atoms with Crippen LogP contribution in [0.4, 0.5) is 0 Å². The van der Waals surface area contributed by atoms with Crippen LogP contribution >= 0.6 is 11.6 Å². The summed E-state index contributed by atoms with van der Waals surface area (Å²) in [7, 11) is 0. The first-order valence-corrected chi connectivity index (χ1v) is 11.4. The number of halogens is 1. The summed E-state index contributed by atoms with van der Waals surface area (Å²) in [6.07, 6.45) is 5.25. The van der Waals surface area contributed by atoms with E-state index in [9.17, 15) is 4.79 Å². The fourth-order valence-corrected chi connectivity index (χ4v) is 4.67. The normalized spacial score (nSPS) is 16.6. The van der Waals surface area contributed by atoms with E-state index in [1.54, 1.807) is 0 Å². The first-order chi connectivity index (χ1) is 16.0. The molecule has 3 nitrogen and oxygen atoms in total. The Morgan fingerprint density at radius 3 is 2.48 bits per heavy atom. The molecule has 1 aliphatic heterocycles. The summed E-state index contributed by atoms with van der Waals surface area (Å²) in [6.45, 7) is 8.79. The SMILES string of the molecule is C=CC(=O)N1CC(C)=C(/C=C(\C)Cl)[C@H](c2ccccc2-c2cccnc2-c2ccccc2)C1. The Balaban J connectivity index is 1.90. The van der Waals surface area contributed by atoms with Crippen LogP contribution in [0.15, 0.2) is 108 Å². The van der Waals surface area contributed by atoms with Gasteiger partial charge in [-0.3, -0.25) is 9.78 Å². The van der Waals surface area contributed by atoms with Crippen LogP contribution < -0.4 is 0 Å². The summed E-state index contributed by atoms with van der Waals surface area (Å²) in [5.74, 6) is -0.0785. The van der Waals surface area contributed by atoms with Crippen LogP contribution in [0.1, 0.15) is 25.3 Å². The zero-order valence-corrected chi connectivity index (χ0v) is 19.7. The van der Waals surface area contributed by atoms with Crippen LogP contribution in [0.25, 0.3) is 22.4 Å². The Morgan fingerprint density at radius 2 is 1.76 bits per heavy atom. The van der Waals surface area contributed by atoms with Gasteiger partial charge in [-0.25, -0.2) is 0 Å². The monoisotopic (exact) mass is 454 g/mol. The molecule has 3 aromatic rings. The van der Waals surface area contributed by atoms with Crippen molar-refractivity contribution in [2.24, 2.45) is 0 Å². The summed E-state index contributed by atoms with van der Waals surface area (Å²) in [4.78, 5) is 19.1. The number of amides is 1. The van der Waals surface area contributed by atoms with Gasteiger partial charge >= 0.3 is 0 Å². The van der Waals surface area contributed by atoms with Gasteiger partial charge in [-0.05, 0) is 48.8 Å². The number of allylic oxidation sites excluding steroid dienone is 2. The summed E-state index contributed by atoms with van der Waals surface area (Å²) in [5.41, 5.74) is 7.61. The number of carbonyl (C=O) groups excluding carboxylic acids is 1. The average Bonchev–Trinajstić information content (AvgIpc) is 2.85. The minimum absolute atomic E-state index is 0.0172. The minimum Gasteiger partial charge on any atom is -0.334 e. The smallest absolute Gasteiger partial charge is 0.246 e. The molecule has 1 amide bonds. The number of nitrogens with zero attached hydrogens (tertiary/aromatic N) is 2. The van der Waals surface area contributed by atoms with Gasteiger partial charge in [-0.15, -0.1) is 0 Å². The van der Waals surface area contributed by atoms with E-state index in [0.29, 0.717) is 13.1 Å². The van der Waals surface area contributed by atoms with Gasteiger partial charge in [0.2, 0.25) is 5.91 Å². The Labute approximate surface area is 200 Å². The van der Waals surface area contributed by atoms with Gasteiger partial charge in [0.05, 0.1) is 5.69 Å². The lowest BCUT2D eigenvalue weighted by Crippen LogP contribution is -2.39. The van der Waals surface area contributed by atoms with Crippen molar-refractivity contribution in [2.45, 2.75) is 19.8 Å². The highest BCUT2D eigenvalue weighted by Crippen LogP contribution is 2.41. The van der Waals surface area contributed by atoms with Gasteiger partial charge in [0.15, 0.2) is 0 Å². The first kappa shape index (κ1) is 22.8. The predicted octanol–water partition coefficient (Wildman–Crippen LogP) is 6.99. The summed E-state index contributed by atoms with van der Waals surface area (Å²) in [6, 6.07) is 22.7. The van der Waals surface area contributed by atoms with Crippen molar-refractivity contribution in [1.29, 1.82) is 0 Å². The topological polar surface area (TPSA) is 33.2 Å². The molecule has 0 N–H and O–H groups in total. The molecule has 0 aliphatic carbocycles. The Morgan fingerprint density at radius 1 is 1.06 bits per heavy atom. The molecular weight excluding hydrogens is 428 g/mol. The molecule has 0 unspecified atom stereocenters. The van der Waals surface area contributed by atoms with E-state index >= 15 is 0 Å². The molecule has 166 valence electrons. The van der Waals surface area contributed by atoms with Crippen molar-refractivity contribution >= 4 is 17.5 Å². The van der Waals surface area contributed by atoms with Gasteiger partial charge in [0.1, 0.15) is 0 Å². The van der Waals surface area contributed by atoms with E-state index in [4.69, 9.17) is 16.6 Å². The molecule has 2 heterocycles. The fraction of sp³-hybridized carbons (Fsp3) is 0.172. The maximum Gasteiger partial charge on any atom is 0.246 e. The lowest BCUT2D eigenvalue weighted by Gasteiger charge is -2.36. The van der Waals surface area contributed by atoms with Crippen LogP contribution in [0, 0.1) is 0 Å². The number of aromatic nitrogens is 1. The third-order valence-corrected chi connectivity index (χ3v) is 6.13. The van der Waals surface area contributed by atoms with Crippen LogP contribution in [-0.4, -0.2) is 28.9 Å². The number of hydrogen-bond donors (Lipinski definition) is 0. The molecule has 0 saturated heterocycles. The van der Waals surface area contributed by atoms with Crippen LogP contribution in [0.5, 0.6) is 0 Å². The van der Waals surface area contributed by atoms with Gasteiger partial charge < -0.3 is 4.90 Å². The maximum atomic E-state index is 12.5. The summed E-state index contributed by atoms with van der Waals surface area (Å²) in [5, 5.41) is 0.724. The molecule has 33 heavy (non-hydrogen) atoms. The molecule has 4 rings (SSSR count). The van der Waals surface area contributed by atoms with E-state index in [-0.39, 0.29) is 11.8 Å². The van der Waals surface area contributed by atoms with Gasteiger partial charge in [0.25, 0.3) is 0 Å². The first-order valence-electron chi connectivity index (χ1n) is 11.0. The predicted molar refractivity (Wildman–Crippen MR) is 137 cm³/mol. The number of benzene rings is 2. The van der Waals surface area contributed by atoms with E-state index in [0.717, 1.165) is 44.1 Å². The van der Waals surface area contributed by atoms with Crippen molar-refractivity contribution in [1.82, 2.24) is 9.88 Å². The highest BCUT2D eigenvalue weighted by molar-refractivity contribution is 6.29. The number of hydrogen-bond acceptors (Lipinski definition) is 2. The third-order valence-electron chi connectivity index (χ3n) is 6.02. The molecule has 0 fully saturated rings. The molecular formula is C29H27ClN2O. The Kier molecular flexibility index (Phi) is 6.90. The molecule has 2 aromatic carbocycles. The van der Waals surface area contributed by atoms with E-state index in [2.05, 4.69) is 56.0 Å². The maximum absolute atomic E-state index is 12.5. The Hall–Kier alpha value is -3.43. The quantitative estimate of drug-likeness (QED) is 0.389. The second-order valence-electron chi connectivity index (χ2n) is 8.30. The zero-order valence-electron chi connectivity index (χ0n) is 19.0. The van der Waals surface area contributed by atoms with Gasteiger partial charge in [-0.2, -0.15) is 0 Å². The number of carbonyl (C=O) groups is 1. The molecule has 0 saturated carbocycles. The lowest BCUT2D eigenvalue weighted by atomic mass is 9.80. The zero-order chi connectivity index (χ0) is 23.4. The molecule has 0 spiro atoms. The van der Waals surface area contributed by atoms with Gasteiger partial charge in [0, 0.05) is 41.4 Å². The van der Waals surface area contributed by atoms with Crippen molar-refractivity contribution in [3.63, 3.8) is 0 Å². The summed E-state index contributed by atoms with van der Waals surface area (Å²) >= 11 is 6.34. The molecule has 0 bridgehead atoms. The van der Waals surface area contributed by atoms with Gasteiger partial charge in [-0.1, -0.05) is 84.4 Å². The van der Waals surface area contributed by atoms with E-state index in [1.165, 1.54) is 6.08 Å². The minimum atomic E-state index is -0.0613. The van der Waals surface area contributed by atoms with Crippen LogP contribution in [0.3, 0.4) is 0 Å². The second-order valence-corrected chi connectivity index (χ2v) is 8.89. The van der Waals surface area contributed by atoms with Crippen LogP contribution in [-0.2, 0) is 4.79 Å². The van der Waals surface area contributed by atoms with Crippen LogP contribution in [0.2, 0.25) is 0 Å². The summed E-state index contributed by atoms with van der Waals surface area (Å²) < 4.78 is 0. The lowest BCUT2D eigenvalue weighted by molar-refractivity contribution is -0.126. The van der Waals surface area contributed by atoms with E-state index in [1.807, 2.05) is 48.4 Å². The standard InChI is InChI=1S/C29H27ClN2O/c1-4-28(33)32-18-20(2)26(17-21(3)30)27(19-32)24-14-9-8-13-23(24)25-15-10-16-31-29(25)22-11-6-5-7-12-22/h4-17,27H,1,18-19H2,2-3H3/b21-17+/t27-/m0/s1. The van der Waals surface area contributed by atoms with E-state index < -0.39 is 0 Å². The number of rotatable bonds is 5. The molecule has 1 atom stereocenters. The molecule has 0 radical (unpaired) electrons. The molecule has 4 heteroatoms. The highest BCUT2D eigenvalue weighted by atomic mass is 35.5. The number of pyridine rings is 1.